The molecule has 0 amide bonds. The molecular weight excluding hydrogens is 380 g/mol. The monoisotopic (exact) mass is 398 g/mol. The van der Waals surface area contributed by atoms with E-state index in [1.807, 2.05) is 0 Å². The van der Waals surface area contributed by atoms with Gasteiger partial charge >= 0.3 is 7.97 Å². The van der Waals surface area contributed by atoms with Crippen LogP contribution in [0.2, 0.25) is 0 Å². The second kappa shape index (κ2) is 5.79. The summed E-state index contributed by atoms with van der Waals surface area (Å²) in [5.41, 5.74) is 0. The van der Waals surface area contributed by atoms with E-state index in [1.165, 1.54) is 33.7 Å². The molecular formula is C16H18N2O2S4+2. The molecule has 2 aliphatic heterocycles. The maximum absolute atomic E-state index is 10.8. The van der Waals surface area contributed by atoms with Gasteiger partial charge in [-0.15, -0.1) is 0 Å². The van der Waals surface area contributed by atoms with Gasteiger partial charge in [0.25, 0.3) is 0 Å². The van der Waals surface area contributed by atoms with Crippen LogP contribution in [0.25, 0.3) is 18.8 Å². The van der Waals surface area contributed by atoms with Crippen molar-refractivity contribution in [2.45, 2.75) is 25.7 Å². The van der Waals surface area contributed by atoms with Gasteiger partial charge in [0.15, 0.2) is 11.5 Å². The Balaban J connectivity index is 1.84. The van der Waals surface area contributed by atoms with Gasteiger partial charge in [-0.25, -0.2) is 9.15 Å². The van der Waals surface area contributed by atoms with Crippen molar-refractivity contribution in [1.82, 2.24) is 9.15 Å². The van der Waals surface area contributed by atoms with Crippen LogP contribution in [-0.2, 0) is 0 Å². The normalized spacial score (nSPS) is 18.5. The number of nitrogens with zero attached hydrogens (tertiary/aromatic N) is 2. The molecule has 0 radical (unpaired) electrons. The second-order valence-electron chi connectivity index (χ2n) is 6.34. The summed E-state index contributed by atoms with van der Waals surface area (Å²) >= 11 is 6.50. The molecule has 4 heterocycles. The maximum atomic E-state index is 10.8. The minimum Gasteiger partial charge on any atom is -0.505 e. The molecule has 0 unspecified atom stereocenters. The van der Waals surface area contributed by atoms with Crippen LogP contribution in [0.4, 0.5) is 0 Å². The van der Waals surface area contributed by atoms with E-state index in [0.717, 1.165) is 45.0 Å². The van der Waals surface area contributed by atoms with E-state index < -0.39 is 0 Å². The first-order valence-corrected chi connectivity index (χ1v) is 11.6. The summed E-state index contributed by atoms with van der Waals surface area (Å²) in [6, 6.07) is 0. The molecule has 2 saturated heterocycles. The van der Waals surface area contributed by atoms with Gasteiger partial charge < -0.3 is 10.2 Å². The molecule has 24 heavy (non-hydrogen) atoms. The van der Waals surface area contributed by atoms with Crippen LogP contribution in [0.15, 0.2) is 0 Å². The fraction of sp³-hybridized carbons (Fsp3) is 0.500. The Morgan fingerprint density at radius 2 is 0.833 bits per heavy atom. The predicted molar refractivity (Wildman–Crippen MR) is 105 cm³/mol. The molecule has 1 aromatic carbocycles. The Bertz CT molecular complexity index is 936. The zero-order chi connectivity index (χ0) is 16.3. The number of fused-ring (bicyclic) bond motifs is 2. The Morgan fingerprint density at radius 1 is 0.542 bits per heavy atom. The van der Waals surface area contributed by atoms with Crippen LogP contribution in [0.3, 0.4) is 0 Å². The molecule has 0 atom stereocenters. The lowest BCUT2D eigenvalue weighted by atomic mass is 10.3. The molecule has 8 heteroatoms. The van der Waals surface area contributed by atoms with Crippen molar-refractivity contribution in [3.63, 3.8) is 0 Å². The zero-order valence-corrected chi connectivity index (χ0v) is 16.3. The molecule has 126 valence electrons. The van der Waals surface area contributed by atoms with Gasteiger partial charge in [-0.05, 0) is 0 Å². The summed E-state index contributed by atoms with van der Waals surface area (Å²) < 4.78 is 10.5. The highest BCUT2D eigenvalue weighted by Crippen LogP contribution is 2.47. The van der Waals surface area contributed by atoms with Crippen LogP contribution >= 0.6 is 45.3 Å². The lowest BCUT2D eigenvalue weighted by Crippen LogP contribution is -2.21. The summed E-state index contributed by atoms with van der Waals surface area (Å²) in [6.07, 6.45) is 4.93. The van der Waals surface area contributed by atoms with E-state index in [4.69, 9.17) is 0 Å². The molecule has 0 spiro atoms. The number of phenols is 2. The van der Waals surface area contributed by atoms with Crippen LogP contribution in [0.1, 0.15) is 25.7 Å². The number of hydrogen-bond donors (Lipinski definition) is 2. The van der Waals surface area contributed by atoms with Crippen LogP contribution in [0.5, 0.6) is 11.5 Å². The topological polar surface area (TPSA) is 46.5 Å². The van der Waals surface area contributed by atoms with Gasteiger partial charge in [-0.1, -0.05) is 45.3 Å². The summed E-state index contributed by atoms with van der Waals surface area (Å²) in [4.78, 5) is 0. The number of aromatic hydroxyl groups is 2. The lowest BCUT2D eigenvalue weighted by molar-refractivity contribution is 0.481. The Kier molecular flexibility index (Phi) is 3.69. The molecule has 2 aromatic heterocycles. The van der Waals surface area contributed by atoms with Gasteiger partial charge in [-0.2, -0.15) is 0 Å². The van der Waals surface area contributed by atoms with E-state index in [2.05, 4.69) is 9.15 Å². The minimum absolute atomic E-state index is 0.358. The van der Waals surface area contributed by atoms with E-state index >= 15 is 0 Å². The largest absolute Gasteiger partial charge is 0.505 e. The number of benzene rings is 1. The molecule has 2 fully saturated rings. The number of rotatable bonds is 0. The predicted octanol–water partition coefficient (Wildman–Crippen LogP) is 2.78. The van der Waals surface area contributed by atoms with Gasteiger partial charge in [0.05, 0.1) is 18.8 Å². The van der Waals surface area contributed by atoms with Crippen molar-refractivity contribution in [3.8, 4) is 11.5 Å². The third kappa shape index (κ3) is 2.27. The fourth-order valence-corrected chi connectivity index (χ4v) is 8.92. The summed E-state index contributed by atoms with van der Waals surface area (Å²) in [5.74, 6) is 0.715. The third-order valence-corrected chi connectivity index (χ3v) is 10.2. The molecule has 2 N–H and O–H groups in total. The first-order valence-electron chi connectivity index (χ1n) is 8.29. The van der Waals surface area contributed by atoms with Crippen LogP contribution in [0, 0.1) is 0 Å². The molecule has 2 aliphatic rings. The van der Waals surface area contributed by atoms with E-state index in [-0.39, 0.29) is 0 Å². The van der Waals surface area contributed by atoms with Crippen molar-refractivity contribution >= 4 is 64.1 Å². The van der Waals surface area contributed by atoms with Gasteiger partial charge in [0.1, 0.15) is 26.2 Å². The highest BCUT2D eigenvalue weighted by Gasteiger charge is 2.24. The highest BCUT2D eigenvalue weighted by molar-refractivity contribution is 7.39. The zero-order valence-electron chi connectivity index (χ0n) is 13.1. The Labute approximate surface area is 154 Å². The van der Waals surface area contributed by atoms with Crippen LogP contribution < -0.4 is 17.1 Å². The van der Waals surface area contributed by atoms with Gasteiger partial charge in [0.2, 0.25) is 0 Å². The molecule has 0 aliphatic carbocycles. The quantitative estimate of drug-likeness (QED) is 0.452. The highest BCUT2D eigenvalue weighted by atomic mass is 32.2. The first kappa shape index (κ1) is 15.3. The second-order valence-corrected chi connectivity index (χ2v) is 10.9. The third-order valence-electron chi connectivity index (χ3n) is 4.76. The number of phenolic OH excluding ortho intramolecular Hbond substituents is 2. The molecule has 0 bridgehead atoms. The smallest absolute Gasteiger partial charge is 0.315 e. The molecule has 5 rings (SSSR count). The van der Waals surface area contributed by atoms with Crippen molar-refractivity contribution in [3.05, 3.63) is 7.97 Å². The SMILES string of the molecule is Oc1c2sc(=[N+]3CCCC3)sc2c(O)c2sc(=[N+]3CCCC3)sc12. The average Bonchev–Trinajstić information content (AvgIpc) is 3.39. The first-order chi connectivity index (χ1) is 11.7. The van der Waals surface area contributed by atoms with Crippen molar-refractivity contribution in [2.24, 2.45) is 0 Å². The van der Waals surface area contributed by atoms with E-state index in [9.17, 15) is 10.2 Å². The molecule has 0 saturated carbocycles. The summed E-state index contributed by atoms with van der Waals surface area (Å²) in [6.45, 7) is 4.34. The maximum Gasteiger partial charge on any atom is 0.315 e. The summed E-state index contributed by atoms with van der Waals surface area (Å²) in [7, 11) is 0. The number of hydrogen-bond acceptors (Lipinski definition) is 6. The van der Waals surface area contributed by atoms with Crippen molar-refractivity contribution in [1.29, 1.82) is 0 Å². The van der Waals surface area contributed by atoms with Gasteiger partial charge in [0, 0.05) is 25.7 Å². The van der Waals surface area contributed by atoms with Crippen LogP contribution in [-0.4, -0.2) is 36.4 Å². The van der Waals surface area contributed by atoms with Crippen molar-refractivity contribution in [2.75, 3.05) is 26.2 Å². The van der Waals surface area contributed by atoms with Crippen molar-refractivity contribution < 1.29 is 10.2 Å². The fourth-order valence-electron chi connectivity index (χ4n) is 3.46. The van der Waals surface area contributed by atoms with E-state index in [0.29, 0.717) is 11.5 Å². The minimum atomic E-state index is 0.358. The Morgan fingerprint density at radius 3 is 1.12 bits per heavy atom. The standard InChI is InChI=1S/C16H16N2O2S4/c19-9-11-12(22-15(21-11)17-5-1-2-6-17)10(20)14-13(9)23-16(24-14)18-7-3-4-8-18/h1-8H2/p+2. The lowest BCUT2D eigenvalue weighted by Gasteiger charge is -1.98. The molecule has 4 nitrogen and oxygen atoms in total. The summed E-state index contributed by atoms with van der Waals surface area (Å²) in [5, 5.41) is 21.7. The van der Waals surface area contributed by atoms with Gasteiger partial charge in [-0.3, -0.25) is 0 Å². The molecule has 3 aromatic rings. The average molecular weight is 399 g/mol. The van der Waals surface area contributed by atoms with E-state index in [1.54, 1.807) is 45.3 Å². The Hall–Kier alpha value is -0.960.